The second kappa shape index (κ2) is 4.94. The lowest BCUT2D eigenvalue weighted by atomic mass is 9.96. The highest BCUT2D eigenvalue weighted by Gasteiger charge is 2.36. The third kappa shape index (κ3) is 2.43. The number of halogens is 3. The number of alkyl halides is 3. The number of furan rings is 1. The molecule has 1 N–H and O–H groups in total. The minimum atomic E-state index is -4.54. The molecule has 0 fully saturated rings. The van der Waals surface area contributed by atoms with Crippen molar-refractivity contribution in [3.8, 4) is 0 Å². The monoisotopic (exact) mass is 285 g/mol. The Hall–Kier alpha value is -1.82. The van der Waals surface area contributed by atoms with Crippen molar-refractivity contribution in [1.29, 1.82) is 0 Å². The highest BCUT2D eigenvalue weighted by atomic mass is 19.4. The average Bonchev–Trinajstić information content (AvgIpc) is 2.61. The van der Waals surface area contributed by atoms with Gasteiger partial charge < -0.3 is 9.52 Å². The van der Waals surface area contributed by atoms with Gasteiger partial charge in [0.1, 0.15) is 17.6 Å². The molecule has 0 saturated heterocycles. The maximum absolute atomic E-state index is 13.0. The van der Waals surface area contributed by atoms with Gasteiger partial charge in [-0.25, -0.2) is 0 Å². The zero-order valence-corrected chi connectivity index (χ0v) is 11.2. The fourth-order valence-corrected chi connectivity index (χ4v) is 2.25. The minimum Gasteiger partial charge on any atom is -0.466 e. The third-order valence-electron chi connectivity index (χ3n) is 3.34. The molecule has 0 bridgehead atoms. The molecule has 2 heterocycles. The molecule has 2 aromatic heterocycles. The molecule has 1 unspecified atom stereocenters. The van der Waals surface area contributed by atoms with E-state index in [9.17, 15) is 18.3 Å². The van der Waals surface area contributed by atoms with Gasteiger partial charge in [-0.05, 0) is 32.4 Å². The summed E-state index contributed by atoms with van der Waals surface area (Å²) in [7, 11) is 0. The summed E-state index contributed by atoms with van der Waals surface area (Å²) < 4.78 is 44.3. The van der Waals surface area contributed by atoms with Crippen molar-refractivity contribution in [1.82, 2.24) is 4.98 Å². The molecular formula is C14H14F3NO2. The zero-order chi connectivity index (χ0) is 15.1. The molecular weight excluding hydrogens is 271 g/mol. The van der Waals surface area contributed by atoms with Gasteiger partial charge in [0.05, 0.1) is 5.56 Å². The number of hydrogen-bond donors (Lipinski definition) is 1. The highest BCUT2D eigenvalue weighted by Crippen LogP contribution is 2.38. The van der Waals surface area contributed by atoms with Crippen molar-refractivity contribution in [3.05, 3.63) is 52.2 Å². The summed E-state index contributed by atoms with van der Waals surface area (Å²) in [4.78, 5) is 3.68. The van der Waals surface area contributed by atoms with E-state index in [4.69, 9.17) is 4.42 Å². The lowest BCUT2D eigenvalue weighted by Gasteiger charge is -2.17. The van der Waals surface area contributed by atoms with Gasteiger partial charge in [-0.1, -0.05) is 0 Å². The summed E-state index contributed by atoms with van der Waals surface area (Å²) in [6.07, 6.45) is -3.87. The van der Waals surface area contributed by atoms with E-state index in [1.54, 1.807) is 20.8 Å². The Labute approximate surface area is 114 Å². The smallest absolute Gasteiger partial charge is 0.416 e. The van der Waals surface area contributed by atoms with E-state index < -0.39 is 17.8 Å². The maximum atomic E-state index is 13.0. The largest absolute Gasteiger partial charge is 0.466 e. The van der Waals surface area contributed by atoms with Crippen LogP contribution in [-0.4, -0.2) is 10.1 Å². The van der Waals surface area contributed by atoms with Crippen LogP contribution in [0, 0.1) is 20.8 Å². The van der Waals surface area contributed by atoms with Crippen molar-refractivity contribution >= 4 is 0 Å². The molecule has 0 aliphatic heterocycles. The summed E-state index contributed by atoms with van der Waals surface area (Å²) in [5.74, 6) is 0.985. The van der Waals surface area contributed by atoms with Crippen molar-refractivity contribution in [2.45, 2.75) is 33.1 Å². The van der Waals surface area contributed by atoms with E-state index in [-0.39, 0.29) is 5.56 Å². The highest BCUT2D eigenvalue weighted by molar-refractivity contribution is 5.41. The van der Waals surface area contributed by atoms with Crippen LogP contribution < -0.4 is 0 Å². The molecule has 6 heteroatoms. The molecule has 20 heavy (non-hydrogen) atoms. The summed E-state index contributed by atoms with van der Waals surface area (Å²) in [6, 6.07) is 0.857. The second-order valence-corrected chi connectivity index (χ2v) is 4.62. The van der Waals surface area contributed by atoms with E-state index in [0.29, 0.717) is 22.6 Å². The first-order valence-electron chi connectivity index (χ1n) is 5.99. The standard InChI is InChI=1S/C14H14F3NO2/c1-7-8(2)20-9(3)12(7)13(19)10-6-18-5-4-11(10)14(15,16)17/h4-6,13,19H,1-3H3. The van der Waals surface area contributed by atoms with E-state index in [1.807, 2.05) is 0 Å². The Balaban J connectivity index is 2.57. The Morgan fingerprint density at radius 3 is 2.35 bits per heavy atom. The number of rotatable bonds is 2. The number of aliphatic hydroxyl groups is 1. The van der Waals surface area contributed by atoms with Crippen LogP contribution in [0.25, 0.3) is 0 Å². The fraction of sp³-hybridized carbons (Fsp3) is 0.357. The summed E-state index contributed by atoms with van der Waals surface area (Å²) in [5.41, 5.74) is -0.155. The van der Waals surface area contributed by atoms with Crippen LogP contribution in [0.4, 0.5) is 13.2 Å². The van der Waals surface area contributed by atoms with Crippen molar-refractivity contribution in [2.75, 3.05) is 0 Å². The Morgan fingerprint density at radius 1 is 1.20 bits per heavy atom. The molecule has 0 saturated carbocycles. The van der Waals surface area contributed by atoms with Crippen LogP contribution in [-0.2, 0) is 6.18 Å². The number of aryl methyl sites for hydroxylation is 2. The number of aromatic nitrogens is 1. The molecule has 0 amide bonds. The Bertz CT molecular complexity index is 632. The second-order valence-electron chi connectivity index (χ2n) is 4.62. The van der Waals surface area contributed by atoms with Crippen LogP contribution in [0.1, 0.15) is 39.9 Å². The predicted molar refractivity (Wildman–Crippen MR) is 66.2 cm³/mol. The molecule has 0 radical (unpaired) electrons. The molecule has 0 spiro atoms. The first-order chi connectivity index (χ1) is 9.23. The summed E-state index contributed by atoms with van der Waals surface area (Å²) in [6.45, 7) is 5.02. The van der Waals surface area contributed by atoms with Crippen LogP contribution >= 0.6 is 0 Å². The first-order valence-corrected chi connectivity index (χ1v) is 5.99. The summed E-state index contributed by atoms with van der Waals surface area (Å²) in [5, 5.41) is 10.3. The normalized spacial score (nSPS) is 13.6. The van der Waals surface area contributed by atoms with Crippen LogP contribution in [0.15, 0.2) is 22.9 Å². The van der Waals surface area contributed by atoms with Crippen LogP contribution in [0.5, 0.6) is 0 Å². The zero-order valence-electron chi connectivity index (χ0n) is 11.2. The molecule has 108 valence electrons. The number of hydrogen-bond acceptors (Lipinski definition) is 3. The van der Waals surface area contributed by atoms with Gasteiger partial charge in [-0.15, -0.1) is 0 Å². The summed E-state index contributed by atoms with van der Waals surface area (Å²) >= 11 is 0. The topological polar surface area (TPSA) is 46.3 Å². The van der Waals surface area contributed by atoms with Gasteiger partial charge in [0.2, 0.25) is 0 Å². The van der Waals surface area contributed by atoms with Gasteiger partial charge in [-0.3, -0.25) is 4.98 Å². The number of pyridine rings is 1. The molecule has 2 aromatic rings. The quantitative estimate of drug-likeness (QED) is 0.915. The number of nitrogens with zero attached hydrogens (tertiary/aromatic N) is 1. The fourth-order valence-electron chi connectivity index (χ4n) is 2.25. The molecule has 2 rings (SSSR count). The Morgan fingerprint density at radius 2 is 1.85 bits per heavy atom. The predicted octanol–water partition coefficient (Wildman–Crippen LogP) is 3.70. The average molecular weight is 285 g/mol. The minimum absolute atomic E-state index is 0.271. The van der Waals surface area contributed by atoms with E-state index in [2.05, 4.69) is 4.98 Å². The molecule has 0 aliphatic rings. The van der Waals surface area contributed by atoms with E-state index in [1.165, 1.54) is 0 Å². The molecule has 1 atom stereocenters. The third-order valence-corrected chi connectivity index (χ3v) is 3.34. The molecule has 3 nitrogen and oxygen atoms in total. The lowest BCUT2D eigenvalue weighted by Crippen LogP contribution is -2.13. The van der Waals surface area contributed by atoms with Crippen molar-refractivity contribution in [3.63, 3.8) is 0 Å². The van der Waals surface area contributed by atoms with Gasteiger partial charge in [0.15, 0.2) is 0 Å². The molecule has 0 aliphatic carbocycles. The van der Waals surface area contributed by atoms with Crippen molar-refractivity contribution in [2.24, 2.45) is 0 Å². The van der Waals surface area contributed by atoms with E-state index in [0.717, 1.165) is 18.5 Å². The Kier molecular flexibility index (Phi) is 3.60. The lowest BCUT2D eigenvalue weighted by molar-refractivity contribution is -0.139. The maximum Gasteiger partial charge on any atom is 0.416 e. The van der Waals surface area contributed by atoms with Crippen LogP contribution in [0.3, 0.4) is 0 Å². The molecule has 0 aromatic carbocycles. The van der Waals surface area contributed by atoms with E-state index >= 15 is 0 Å². The van der Waals surface area contributed by atoms with Crippen LogP contribution in [0.2, 0.25) is 0 Å². The first kappa shape index (κ1) is 14.6. The van der Waals surface area contributed by atoms with Gasteiger partial charge in [0, 0.05) is 23.5 Å². The van der Waals surface area contributed by atoms with Gasteiger partial charge in [-0.2, -0.15) is 13.2 Å². The van der Waals surface area contributed by atoms with Gasteiger partial charge in [0.25, 0.3) is 0 Å². The number of aliphatic hydroxyl groups excluding tert-OH is 1. The van der Waals surface area contributed by atoms with Crippen molar-refractivity contribution < 1.29 is 22.7 Å². The van der Waals surface area contributed by atoms with Gasteiger partial charge >= 0.3 is 6.18 Å². The SMILES string of the molecule is Cc1oc(C)c(C(O)c2cnccc2C(F)(F)F)c1C.